The van der Waals surface area contributed by atoms with E-state index in [1.807, 2.05) is 32.3 Å². The maximum atomic E-state index is 11.9. The van der Waals surface area contributed by atoms with E-state index in [2.05, 4.69) is 15.5 Å². The highest BCUT2D eigenvalue weighted by Gasteiger charge is 2.08. The molecule has 1 aromatic rings. The number of benzene rings is 1. The van der Waals surface area contributed by atoms with Gasteiger partial charge in [-0.15, -0.1) is 0 Å². The summed E-state index contributed by atoms with van der Waals surface area (Å²) in [5.74, 6) is -0.391. The van der Waals surface area contributed by atoms with Crippen molar-refractivity contribution in [3.8, 4) is 6.07 Å². The second-order valence-corrected chi connectivity index (χ2v) is 5.53. The highest BCUT2D eigenvalue weighted by atomic mass is 35.5. The molecule has 0 aliphatic rings. The molecule has 0 heterocycles. The van der Waals surface area contributed by atoms with Crippen molar-refractivity contribution in [2.75, 3.05) is 27.2 Å². The Labute approximate surface area is 136 Å². The largest absolute Gasteiger partial charge is 0.390 e. The number of nitriles is 1. The molecule has 118 valence electrons. The molecule has 0 atom stereocenters. The zero-order valence-corrected chi connectivity index (χ0v) is 13.7. The molecule has 22 heavy (non-hydrogen) atoms. The lowest BCUT2D eigenvalue weighted by Crippen LogP contribution is -2.25. The average Bonchev–Trinajstić information content (AvgIpc) is 2.49. The van der Waals surface area contributed by atoms with Crippen LogP contribution in [-0.4, -0.2) is 38.0 Å². The summed E-state index contributed by atoms with van der Waals surface area (Å²) in [6.07, 6.45) is 2.40. The van der Waals surface area contributed by atoms with E-state index in [4.69, 9.17) is 16.9 Å². The van der Waals surface area contributed by atoms with Crippen LogP contribution >= 0.6 is 11.6 Å². The number of hydrogen-bond donors (Lipinski definition) is 2. The number of nitrogens with zero attached hydrogens (tertiary/aromatic N) is 2. The molecule has 0 radical (unpaired) electrons. The predicted octanol–water partition coefficient (Wildman–Crippen LogP) is 1.90. The van der Waals surface area contributed by atoms with Gasteiger partial charge >= 0.3 is 0 Å². The third-order valence-electron chi connectivity index (χ3n) is 2.90. The minimum atomic E-state index is -0.391. The highest BCUT2D eigenvalue weighted by Crippen LogP contribution is 2.09. The van der Waals surface area contributed by atoms with Crippen LogP contribution in [0.2, 0.25) is 5.02 Å². The molecule has 6 heteroatoms. The van der Waals surface area contributed by atoms with Crippen molar-refractivity contribution in [3.63, 3.8) is 0 Å². The van der Waals surface area contributed by atoms with Gasteiger partial charge in [0.2, 0.25) is 0 Å². The fraction of sp³-hybridized carbons (Fsp3) is 0.375. The molecule has 1 rings (SSSR count). The molecule has 0 aliphatic carbocycles. The third kappa shape index (κ3) is 7.11. The summed E-state index contributed by atoms with van der Waals surface area (Å²) in [5, 5.41) is 15.4. The Morgan fingerprint density at radius 1 is 1.36 bits per heavy atom. The average molecular weight is 321 g/mol. The van der Waals surface area contributed by atoms with Gasteiger partial charge in [-0.3, -0.25) is 4.79 Å². The van der Waals surface area contributed by atoms with Crippen LogP contribution in [-0.2, 0) is 11.3 Å². The number of hydrogen-bond acceptors (Lipinski definition) is 4. The van der Waals surface area contributed by atoms with E-state index in [1.54, 1.807) is 12.1 Å². The lowest BCUT2D eigenvalue weighted by Gasteiger charge is -2.09. The van der Waals surface area contributed by atoms with Crippen molar-refractivity contribution >= 4 is 17.5 Å². The Balaban J connectivity index is 2.40. The molecule has 0 bridgehead atoms. The first-order valence-corrected chi connectivity index (χ1v) is 7.41. The molecule has 1 aromatic carbocycles. The van der Waals surface area contributed by atoms with Gasteiger partial charge in [0.25, 0.3) is 5.91 Å². The van der Waals surface area contributed by atoms with E-state index in [0.29, 0.717) is 18.1 Å². The first-order valence-electron chi connectivity index (χ1n) is 7.04. The van der Waals surface area contributed by atoms with E-state index < -0.39 is 5.91 Å². The quantitative estimate of drug-likeness (QED) is 0.436. The molecule has 0 spiro atoms. The maximum absolute atomic E-state index is 11.9. The van der Waals surface area contributed by atoms with Gasteiger partial charge in [-0.25, -0.2) is 0 Å². The van der Waals surface area contributed by atoms with E-state index in [9.17, 15) is 4.79 Å². The second-order valence-electron chi connectivity index (χ2n) is 5.09. The van der Waals surface area contributed by atoms with Crippen LogP contribution < -0.4 is 10.6 Å². The second kappa shape index (κ2) is 9.82. The van der Waals surface area contributed by atoms with Crippen LogP contribution in [0.1, 0.15) is 12.0 Å². The Bertz CT molecular complexity index is 546. The Morgan fingerprint density at radius 2 is 2.05 bits per heavy atom. The molecule has 0 aliphatic heterocycles. The molecule has 0 saturated heterocycles. The van der Waals surface area contributed by atoms with Crippen LogP contribution in [0.3, 0.4) is 0 Å². The Morgan fingerprint density at radius 3 is 2.64 bits per heavy atom. The molecule has 2 N–H and O–H groups in total. The van der Waals surface area contributed by atoms with Crippen LogP contribution in [0, 0.1) is 11.3 Å². The monoisotopic (exact) mass is 320 g/mol. The number of halogens is 1. The number of carbonyl (C=O) groups is 1. The van der Waals surface area contributed by atoms with Gasteiger partial charge in [0, 0.05) is 24.3 Å². The van der Waals surface area contributed by atoms with E-state index in [0.717, 1.165) is 18.5 Å². The summed E-state index contributed by atoms with van der Waals surface area (Å²) in [4.78, 5) is 14.0. The maximum Gasteiger partial charge on any atom is 0.263 e. The summed E-state index contributed by atoms with van der Waals surface area (Å²) in [6.45, 7) is 2.02. The molecular weight excluding hydrogens is 300 g/mol. The van der Waals surface area contributed by atoms with Crippen LogP contribution in [0.5, 0.6) is 0 Å². The Kier molecular flexibility index (Phi) is 8.05. The van der Waals surface area contributed by atoms with Crippen molar-refractivity contribution in [1.82, 2.24) is 15.5 Å². The zero-order valence-electron chi connectivity index (χ0n) is 12.9. The highest BCUT2D eigenvalue weighted by molar-refractivity contribution is 6.30. The van der Waals surface area contributed by atoms with E-state index in [1.165, 1.54) is 6.20 Å². The van der Waals surface area contributed by atoms with Crippen molar-refractivity contribution in [2.45, 2.75) is 13.0 Å². The van der Waals surface area contributed by atoms with E-state index >= 15 is 0 Å². The van der Waals surface area contributed by atoms with Crippen molar-refractivity contribution in [3.05, 3.63) is 46.6 Å². The fourth-order valence-electron chi connectivity index (χ4n) is 1.70. The molecule has 1 amide bonds. The van der Waals surface area contributed by atoms with Gasteiger partial charge in [-0.05, 0) is 44.8 Å². The lowest BCUT2D eigenvalue weighted by molar-refractivity contribution is -0.117. The third-order valence-corrected chi connectivity index (χ3v) is 3.16. The fourth-order valence-corrected chi connectivity index (χ4v) is 1.83. The molecule has 0 saturated carbocycles. The van der Waals surface area contributed by atoms with Gasteiger partial charge in [0.05, 0.1) is 0 Å². The smallest absolute Gasteiger partial charge is 0.263 e. The minimum absolute atomic E-state index is 0.0683. The predicted molar refractivity (Wildman–Crippen MR) is 88.2 cm³/mol. The summed E-state index contributed by atoms with van der Waals surface area (Å²) in [6, 6.07) is 9.09. The van der Waals surface area contributed by atoms with Crippen molar-refractivity contribution in [1.29, 1.82) is 5.26 Å². The number of nitrogens with one attached hydrogen (secondary N) is 2. The molecule has 0 unspecified atom stereocenters. The minimum Gasteiger partial charge on any atom is -0.390 e. The van der Waals surface area contributed by atoms with Crippen LogP contribution in [0.15, 0.2) is 36.0 Å². The first kappa shape index (κ1) is 18.0. The topological polar surface area (TPSA) is 68.2 Å². The summed E-state index contributed by atoms with van der Waals surface area (Å²) < 4.78 is 0. The first-order chi connectivity index (χ1) is 10.5. The van der Waals surface area contributed by atoms with Crippen molar-refractivity contribution in [2.24, 2.45) is 0 Å². The van der Waals surface area contributed by atoms with Crippen LogP contribution in [0.25, 0.3) is 0 Å². The van der Waals surface area contributed by atoms with Crippen LogP contribution in [0.4, 0.5) is 0 Å². The Hall–Kier alpha value is -2.03. The van der Waals surface area contributed by atoms with Crippen molar-refractivity contribution < 1.29 is 4.79 Å². The summed E-state index contributed by atoms with van der Waals surface area (Å²) in [7, 11) is 4.00. The normalized spacial score (nSPS) is 11.1. The molecular formula is C16H21ClN4O. The molecule has 5 nitrogen and oxygen atoms in total. The van der Waals surface area contributed by atoms with Gasteiger partial charge in [-0.2, -0.15) is 5.26 Å². The number of carbonyl (C=O) groups excluding carboxylic acids is 1. The van der Waals surface area contributed by atoms with Gasteiger partial charge < -0.3 is 15.5 Å². The summed E-state index contributed by atoms with van der Waals surface area (Å²) in [5.41, 5.74) is 0.993. The summed E-state index contributed by atoms with van der Waals surface area (Å²) >= 11 is 5.80. The zero-order chi connectivity index (χ0) is 16.4. The molecule has 0 fully saturated rings. The van der Waals surface area contributed by atoms with Gasteiger partial charge in [-0.1, -0.05) is 23.7 Å². The molecule has 0 aromatic heterocycles. The van der Waals surface area contributed by atoms with E-state index in [-0.39, 0.29) is 5.57 Å². The van der Waals surface area contributed by atoms with Gasteiger partial charge in [0.15, 0.2) is 0 Å². The number of rotatable bonds is 8. The number of amides is 1. The lowest BCUT2D eigenvalue weighted by atomic mass is 10.2. The standard InChI is InChI=1S/C16H21ClN4O/c1-21(2)9-3-8-19-12-14(10-18)16(22)20-11-13-4-6-15(17)7-5-13/h4-7,12,19H,3,8-9,11H2,1-2H3,(H,20,22)/b14-12-. The SMILES string of the molecule is CN(C)CCCN/C=C(/C#N)C(=O)NCc1ccc(Cl)cc1. The van der Waals surface area contributed by atoms with Gasteiger partial charge in [0.1, 0.15) is 11.6 Å².